The molecule has 2 aliphatic rings. The van der Waals surface area contributed by atoms with E-state index in [-0.39, 0.29) is 64.4 Å². The summed E-state index contributed by atoms with van der Waals surface area (Å²) in [4.78, 5) is 23.5. The molecule has 0 unspecified atom stereocenters. The molecule has 6 rings (SSSR count). The first-order valence-corrected chi connectivity index (χ1v) is 15.4. The number of hydrogen-bond acceptors (Lipinski definition) is 8. The van der Waals surface area contributed by atoms with Crippen molar-refractivity contribution in [3.63, 3.8) is 0 Å². The number of nitrogens with zero attached hydrogens (tertiary/aromatic N) is 4. The summed E-state index contributed by atoms with van der Waals surface area (Å²) in [6.07, 6.45) is 3.39. The van der Waals surface area contributed by atoms with Crippen LogP contribution in [0.1, 0.15) is 52.0 Å². The highest BCUT2D eigenvalue weighted by atomic mass is 35.5. The summed E-state index contributed by atoms with van der Waals surface area (Å²) in [6.45, 7) is 7.48. The zero-order chi connectivity index (χ0) is 30.7. The Balaban J connectivity index is 1.44. The van der Waals surface area contributed by atoms with Crippen molar-refractivity contribution in [2.24, 2.45) is 0 Å². The number of thiophene rings is 1. The van der Waals surface area contributed by atoms with Crippen LogP contribution >= 0.6 is 34.5 Å². The lowest BCUT2D eigenvalue weighted by Gasteiger charge is -2.31. The van der Waals surface area contributed by atoms with E-state index in [4.69, 9.17) is 32.7 Å². The van der Waals surface area contributed by atoms with Crippen molar-refractivity contribution in [1.82, 2.24) is 14.9 Å². The first-order valence-electron chi connectivity index (χ1n) is 13.8. The third kappa shape index (κ3) is 5.35. The highest BCUT2D eigenvalue weighted by Crippen LogP contribution is 2.46. The van der Waals surface area contributed by atoms with E-state index in [1.807, 2.05) is 6.07 Å². The molecule has 0 bridgehead atoms. The zero-order valence-electron chi connectivity index (χ0n) is 23.6. The average molecular weight is 647 g/mol. The van der Waals surface area contributed by atoms with Gasteiger partial charge in [-0.25, -0.2) is 13.6 Å². The van der Waals surface area contributed by atoms with Crippen LogP contribution in [0.4, 0.5) is 18.6 Å². The first-order chi connectivity index (χ1) is 20.4. The van der Waals surface area contributed by atoms with Gasteiger partial charge in [-0.3, -0.25) is 10.2 Å². The lowest BCUT2D eigenvalue weighted by atomic mass is 9.95. The third-order valence-corrected chi connectivity index (χ3v) is 9.58. The maximum atomic E-state index is 16.4. The van der Waals surface area contributed by atoms with Gasteiger partial charge in [-0.05, 0) is 77.2 Å². The molecule has 13 heteroatoms. The van der Waals surface area contributed by atoms with Crippen molar-refractivity contribution < 1.29 is 23.0 Å². The molecular weight excluding hydrogens is 619 g/mol. The smallest absolute Gasteiger partial charge is 0.412 e. The summed E-state index contributed by atoms with van der Waals surface area (Å²) in [6, 6.07) is 5.89. The summed E-state index contributed by atoms with van der Waals surface area (Å²) in [7, 11) is 0. The molecule has 2 aliphatic heterocycles. The Kier molecular flexibility index (Phi) is 7.62. The minimum atomic E-state index is -0.831. The Hall–Kier alpha value is -3.30. The topological polar surface area (TPSA) is 100 Å². The normalized spacial score (nSPS) is 16.4. The molecule has 8 nitrogen and oxygen atoms in total. The van der Waals surface area contributed by atoms with Gasteiger partial charge in [0, 0.05) is 16.3 Å². The largest absolute Gasteiger partial charge is 0.461 e. The predicted molar refractivity (Wildman–Crippen MR) is 163 cm³/mol. The number of hydrogen-bond donors (Lipinski definition) is 1. The highest BCUT2D eigenvalue weighted by molar-refractivity contribution is 7.23. The quantitative estimate of drug-likeness (QED) is 0.218. The van der Waals surface area contributed by atoms with E-state index in [2.05, 4.69) is 20.2 Å². The maximum Gasteiger partial charge on any atom is 0.412 e. The SMILES string of the molecule is CC(C)(C)OC(=O)Nc1sc2c(F)ccc(-c3c(Cl)cc4c(Cl)nc(OCC56CCCN5CCC6)nc4c3F)c2c1C#N. The van der Waals surface area contributed by atoms with Crippen molar-refractivity contribution >= 4 is 66.6 Å². The molecule has 2 saturated heterocycles. The van der Waals surface area contributed by atoms with Crippen molar-refractivity contribution in [1.29, 1.82) is 5.26 Å². The van der Waals surface area contributed by atoms with Gasteiger partial charge in [0.2, 0.25) is 0 Å². The molecular formula is C30H27Cl2F2N5O3S. The average Bonchev–Trinajstić information content (AvgIpc) is 3.61. The van der Waals surface area contributed by atoms with Crippen LogP contribution in [-0.4, -0.2) is 51.8 Å². The second-order valence-electron chi connectivity index (χ2n) is 11.8. The number of anilines is 1. The minimum Gasteiger partial charge on any atom is -0.461 e. The third-order valence-electron chi connectivity index (χ3n) is 7.88. The standard InChI is InChI=1S/C30H27Cl2F2N5O3S/c1-29(2,3)42-28(40)38-26-17(13-35)20-15(6-7-19(33)24(20)43-26)21-18(31)12-16-23(22(21)34)36-27(37-25(16)32)41-14-30-8-4-10-39(30)11-5-9-30/h6-7,12H,4-5,8-11,14H2,1-3H3,(H,38,40). The van der Waals surface area contributed by atoms with Gasteiger partial charge < -0.3 is 9.47 Å². The molecule has 0 radical (unpaired) electrons. The number of benzene rings is 2. The Morgan fingerprint density at radius 3 is 2.60 bits per heavy atom. The molecule has 224 valence electrons. The molecule has 1 amide bonds. The fraction of sp³-hybridized carbons (Fsp3) is 0.400. The van der Waals surface area contributed by atoms with Gasteiger partial charge in [-0.2, -0.15) is 15.2 Å². The van der Waals surface area contributed by atoms with E-state index in [1.54, 1.807) is 20.8 Å². The van der Waals surface area contributed by atoms with E-state index in [0.717, 1.165) is 56.2 Å². The fourth-order valence-corrected chi connectivity index (χ4v) is 7.66. The molecule has 4 aromatic rings. The number of fused-ring (bicyclic) bond motifs is 3. The van der Waals surface area contributed by atoms with Crippen molar-refractivity contribution in [3.8, 4) is 23.2 Å². The van der Waals surface area contributed by atoms with Gasteiger partial charge >= 0.3 is 12.1 Å². The molecule has 2 fully saturated rings. The first kappa shape index (κ1) is 29.8. The van der Waals surface area contributed by atoms with Crippen LogP contribution in [0.2, 0.25) is 10.2 Å². The molecule has 4 heterocycles. The number of nitrogens with one attached hydrogen (secondary N) is 1. The lowest BCUT2D eigenvalue weighted by Crippen LogP contribution is -2.43. The summed E-state index contributed by atoms with van der Waals surface area (Å²) < 4.78 is 42.9. The minimum absolute atomic E-state index is 0.0269. The molecule has 0 atom stereocenters. The number of aromatic nitrogens is 2. The number of carbonyl (C=O) groups is 1. The molecule has 2 aromatic heterocycles. The van der Waals surface area contributed by atoms with Crippen LogP contribution in [0.25, 0.3) is 32.1 Å². The van der Waals surface area contributed by atoms with Gasteiger partial charge in [-0.15, -0.1) is 11.3 Å². The summed E-state index contributed by atoms with van der Waals surface area (Å²) in [5.74, 6) is -1.48. The Bertz CT molecular complexity index is 1830. The number of nitriles is 1. The second-order valence-corrected chi connectivity index (χ2v) is 13.6. The van der Waals surface area contributed by atoms with Crippen molar-refractivity contribution in [3.05, 3.63) is 45.6 Å². The van der Waals surface area contributed by atoms with E-state index in [1.165, 1.54) is 12.1 Å². The maximum absolute atomic E-state index is 16.4. The van der Waals surface area contributed by atoms with E-state index in [9.17, 15) is 10.1 Å². The van der Waals surface area contributed by atoms with E-state index in [0.29, 0.717) is 6.61 Å². The van der Waals surface area contributed by atoms with Gasteiger partial charge in [-0.1, -0.05) is 29.3 Å². The monoisotopic (exact) mass is 645 g/mol. The molecule has 1 N–H and O–H groups in total. The highest BCUT2D eigenvalue weighted by Gasteiger charge is 2.45. The van der Waals surface area contributed by atoms with Crippen LogP contribution < -0.4 is 10.1 Å². The molecule has 2 aromatic carbocycles. The Morgan fingerprint density at radius 1 is 1.21 bits per heavy atom. The molecule has 0 aliphatic carbocycles. The second kappa shape index (κ2) is 11.0. The lowest BCUT2D eigenvalue weighted by molar-refractivity contribution is 0.0636. The van der Waals surface area contributed by atoms with Crippen LogP contribution in [0.15, 0.2) is 18.2 Å². The van der Waals surface area contributed by atoms with Crippen LogP contribution in [0, 0.1) is 23.0 Å². The fourth-order valence-electron chi connectivity index (χ4n) is 6.08. The van der Waals surface area contributed by atoms with Crippen LogP contribution in [0.3, 0.4) is 0 Å². The van der Waals surface area contributed by atoms with Gasteiger partial charge in [0.15, 0.2) is 5.82 Å². The molecule has 0 spiro atoms. The molecule has 43 heavy (non-hydrogen) atoms. The van der Waals surface area contributed by atoms with Gasteiger partial charge in [0.25, 0.3) is 0 Å². The van der Waals surface area contributed by atoms with Crippen LogP contribution in [0.5, 0.6) is 6.01 Å². The summed E-state index contributed by atoms with van der Waals surface area (Å²) in [5, 5.41) is 12.9. The number of amides is 1. The number of rotatable bonds is 5. The zero-order valence-corrected chi connectivity index (χ0v) is 25.9. The van der Waals surface area contributed by atoms with E-state index < -0.39 is 23.3 Å². The summed E-state index contributed by atoms with van der Waals surface area (Å²) >= 11 is 13.9. The van der Waals surface area contributed by atoms with Crippen LogP contribution in [-0.2, 0) is 4.74 Å². The molecule has 0 saturated carbocycles. The number of carbonyl (C=O) groups excluding carboxylic acids is 1. The predicted octanol–water partition coefficient (Wildman–Crippen LogP) is 8.32. The van der Waals surface area contributed by atoms with Crippen molar-refractivity contribution in [2.75, 3.05) is 25.0 Å². The van der Waals surface area contributed by atoms with Crippen molar-refractivity contribution in [2.45, 2.75) is 57.6 Å². The van der Waals surface area contributed by atoms with Gasteiger partial charge in [0.1, 0.15) is 39.8 Å². The number of halogens is 4. The Morgan fingerprint density at radius 2 is 1.93 bits per heavy atom. The number of ether oxygens (including phenoxy) is 2. The Labute approximate surface area is 260 Å². The summed E-state index contributed by atoms with van der Waals surface area (Å²) in [5.41, 5.74) is -1.02. The van der Waals surface area contributed by atoms with Gasteiger partial charge in [0.05, 0.1) is 20.8 Å². The van der Waals surface area contributed by atoms with E-state index >= 15 is 8.78 Å².